The second kappa shape index (κ2) is 13.3. The van der Waals surface area contributed by atoms with Gasteiger partial charge in [0, 0.05) is 40.0 Å². The number of methoxy groups -OCH3 is 2. The van der Waals surface area contributed by atoms with Gasteiger partial charge in [0.05, 0.1) is 6.61 Å². The first kappa shape index (κ1) is 17.8. The monoisotopic (exact) mass is 260 g/mol. The van der Waals surface area contributed by atoms with Crippen molar-refractivity contribution < 1.29 is 9.47 Å². The van der Waals surface area contributed by atoms with Gasteiger partial charge in [-0.15, -0.1) is 0 Å². The number of nitrogens with zero attached hydrogens (tertiary/aromatic N) is 1. The normalized spacial score (nSPS) is 13.2. The highest BCUT2D eigenvalue weighted by Crippen LogP contribution is 2.01. The molecule has 18 heavy (non-hydrogen) atoms. The number of rotatable bonds is 13. The molecule has 1 N–H and O–H groups in total. The summed E-state index contributed by atoms with van der Waals surface area (Å²) in [5.41, 5.74) is 0. The third-order valence-electron chi connectivity index (χ3n) is 3.10. The molecule has 0 aliphatic heterocycles. The molecule has 110 valence electrons. The molecule has 4 heteroatoms. The molecule has 0 aromatic rings. The Hall–Kier alpha value is -0.160. The van der Waals surface area contributed by atoms with Crippen molar-refractivity contribution in [3.8, 4) is 0 Å². The third-order valence-corrected chi connectivity index (χ3v) is 3.10. The summed E-state index contributed by atoms with van der Waals surface area (Å²) in [5.74, 6) is 0. The van der Waals surface area contributed by atoms with E-state index in [-0.39, 0.29) is 0 Å². The first-order valence-electron chi connectivity index (χ1n) is 7.18. The van der Waals surface area contributed by atoms with E-state index >= 15 is 0 Å². The van der Waals surface area contributed by atoms with Crippen molar-refractivity contribution in [1.82, 2.24) is 10.2 Å². The van der Waals surface area contributed by atoms with Gasteiger partial charge in [-0.05, 0) is 39.3 Å². The zero-order chi connectivity index (χ0) is 13.6. The predicted octanol–water partition coefficient (Wildman–Crippen LogP) is 1.75. The molecule has 0 spiro atoms. The topological polar surface area (TPSA) is 33.7 Å². The second-order valence-electron chi connectivity index (χ2n) is 4.78. The molecule has 4 nitrogen and oxygen atoms in total. The maximum absolute atomic E-state index is 5.16. The molecule has 1 atom stereocenters. The Bertz CT molecular complexity index is 168. The first-order valence-corrected chi connectivity index (χ1v) is 7.18. The molecule has 0 aliphatic carbocycles. The molecule has 0 amide bonds. The van der Waals surface area contributed by atoms with Gasteiger partial charge in [-0.2, -0.15) is 0 Å². The van der Waals surface area contributed by atoms with Crippen LogP contribution in [0.15, 0.2) is 0 Å². The van der Waals surface area contributed by atoms with E-state index in [9.17, 15) is 0 Å². The predicted molar refractivity (Wildman–Crippen MR) is 77.2 cm³/mol. The smallest absolute Gasteiger partial charge is 0.0589 e. The summed E-state index contributed by atoms with van der Waals surface area (Å²) in [4.78, 5) is 2.47. The van der Waals surface area contributed by atoms with Gasteiger partial charge >= 0.3 is 0 Å². The molecule has 0 aromatic heterocycles. The highest BCUT2D eigenvalue weighted by Gasteiger charge is 2.06. The van der Waals surface area contributed by atoms with Crippen LogP contribution in [0, 0.1) is 0 Å². The summed E-state index contributed by atoms with van der Waals surface area (Å²) in [6, 6.07) is 0.623. The summed E-state index contributed by atoms with van der Waals surface area (Å²) in [6.45, 7) is 10.4. The average Bonchev–Trinajstić information content (AvgIpc) is 2.36. The van der Waals surface area contributed by atoms with Crippen molar-refractivity contribution in [2.24, 2.45) is 0 Å². The molecule has 0 heterocycles. The summed E-state index contributed by atoms with van der Waals surface area (Å²) < 4.78 is 10.3. The minimum absolute atomic E-state index is 0.623. The van der Waals surface area contributed by atoms with E-state index in [1.807, 2.05) is 0 Å². The van der Waals surface area contributed by atoms with Gasteiger partial charge in [0.1, 0.15) is 0 Å². The van der Waals surface area contributed by atoms with Crippen molar-refractivity contribution in [1.29, 1.82) is 0 Å². The summed E-state index contributed by atoms with van der Waals surface area (Å²) in [7, 11) is 3.53. The number of ether oxygens (including phenoxy) is 2. The Morgan fingerprint density at radius 2 is 1.67 bits per heavy atom. The lowest BCUT2D eigenvalue weighted by molar-refractivity contribution is 0.131. The van der Waals surface area contributed by atoms with E-state index in [2.05, 4.69) is 24.1 Å². The summed E-state index contributed by atoms with van der Waals surface area (Å²) in [6.07, 6.45) is 3.58. The van der Waals surface area contributed by atoms with Crippen LogP contribution in [0.3, 0.4) is 0 Å². The maximum Gasteiger partial charge on any atom is 0.0589 e. The minimum Gasteiger partial charge on any atom is -0.385 e. The highest BCUT2D eigenvalue weighted by atomic mass is 16.5. The molecule has 0 rings (SSSR count). The SMILES string of the molecule is CCNC(C)CCCN(CCCOC)CCOC. The van der Waals surface area contributed by atoms with Gasteiger partial charge in [-0.1, -0.05) is 6.92 Å². The van der Waals surface area contributed by atoms with Gasteiger partial charge in [-0.3, -0.25) is 0 Å². The van der Waals surface area contributed by atoms with Gasteiger partial charge in [0.15, 0.2) is 0 Å². The number of hydrogen-bond donors (Lipinski definition) is 1. The van der Waals surface area contributed by atoms with Crippen LogP contribution in [0.4, 0.5) is 0 Å². The van der Waals surface area contributed by atoms with Crippen molar-refractivity contribution >= 4 is 0 Å². The molecule has 1 unspecified atom stereocenters. The van der Waals surface area contributed by atoms with Crippen LogP contribution < -0.4 is 5.32 Å². The van der Waals surface area contributed by atoms with E-state index in [1.165, 1.54) is 12.8 Å². The molecular weight excluding hydrogens is 228 g/mol. The largest absolute Gasteiger partial charge is 0.385 e. The van der Waals surface area contributed by atoms with Crippen molar-refractivity contribution in [2.45, 2.75) is 39.2 Å². The number of hydrogen-bond acceptors (Lipinski definition) is 4. The Morgan fingerprint density at radius 3 is 2.28 bits per heavy atom. The van der Waals surface area contributed by atoms with E-state index in [0.29, 0.717) is 6.04 Å². The van der Waals surface area contributed by atoms with Gasteiger partial charge < -0.3 is 19.7 Å². The van der Waals surface area contributed by atoms with E-state index in [0.717, 1.165) is 45.8 Å². The van der Waals surface area contributed by atoms with Gasteiger partial charge in [-0.25, -0.2) is 0 Å². The Balaban J connectivity index is 3.70. The number of nitrogens with one attached hydrogen (secondary N) is 1. The van der Waals surface area contributed by atoms with Crippen LogP contribution >= 0.6 is 0 Å². The zero-order valence-corrected chi connectivity index (χ0v) is 12.7. The van der Waals surface area contributed by atoms with Crippen LogP contribution in [0.5, 0.6) is 0 Å². The van der Waals surface area contributed by atoms with Crippen LogP contribution in [0.25, 0.3) is 0 Å². The lowest BCUT2D eigenvalue weighted by atomic mass is 10.1. The Morgan fingerprint density at radius 1 is 1.00 bits per heavy atom. The van der Waals surface area contributed by atoms with E-state index in [1.54, 1.807) is 14.2 Å². The van der Waals surface area contributed by atoms with Crippen molar-refractivity contribution in [3.63, 3.8) is 0 Å². The summed E-state index contributed by atoms with van der Waals surface area (Å²) in [5, 5.41) is 3.45. The standard InChI is InChI=1S/C14H32N2O2/c1-5-15-14(2)8-6-9-16(11-13-18-4)10-7-12-17-3/h14-15H,5-13H2,1-4H3. The lowest BCUT2D eigenvalue weighted by Gasteiger charge is -2.22. The second-order valence-corrected chi connectivity index (χ2v) is 4.78. The molecule has 0 saturated heterocycles. The first-order chi connectivity index (χ1) is 8.74. The molecule has 0 bridgehead atoms. The van der Waals surface area contributed by atoms with Crippen LogP contribution in [0.2, 0.25) is 0 Å². The Kier molecular flexibility index (Phi) is 13.2. The fourth-order valence-electron chi connectivity index (χ4n) is 2.06. The van der Waals surface area contributed by atoms with Crippen LogP contribution in [-0.4, -0.2) is 64.6 Å². The quantitative estimate of drug-likeness (QED) is 0.512. The molecule has 0 aliphatic rings. The van der Waals surface area contributed by atoms with Gasteiger partial charge in [0.2, 0.25) is 0 Å². The summed E-state index contributed by atoms with van der Waals surface area (Å²) >= 11 is 0. The fourth-order valence-corrected chi connectivity index (χ4v) is 2.06. The van der Waals surface area contributed by atoms with E-state index < -0.39 is 0 Å². The molecule has 0 radical (unpaired) electrons. The van der Waals surface area contributed by atoms with Crippen molar-refractivity contribution in [2.75, 3.05) is 53.6 Å². The Labute approximate surface area is 113 Å². The average molecular weight is 260 g/mol. The zero-order valence-electron chi connectivity index (χ0n) is 12.7. The van der Waals surface area contributed by atoms with Crippen molar-refractivity contribution in [3.05, 3.63) is 0 Å². The molecule has 0 fully saturated rings. The molecule has 0 saturated carbocycles. The van der Waals surface area contributed by atoms with Crippen LogP contribution in [-0.2, 0) is 9.47 Å². The fraction of sp³-hybridized carbons (Fsp3) is 1.00. The third kappa shape index (κ3) is 11.0. The molecule has 0 aromatic carbocycles. The highest BCUT2D eigenvalue weighted by molar-refractivity contribution is 4.63. The van der Waals surface area contributed by atoms with Crippen LogP contribution in [0.1, 0.15) is 33.1 Å². The maximum atomic E-state index is 5.16. The van der Waals surface area contributed by atoms with E-state index in [4.69, 9.17) is 9.47 Å². The molecular formula is C14H32N2O2. The minimum atomic E-state index is 0.623. The van der Waals surface area contributed by atoms with Gasteiger partial charge in [0.25, 0.3) is 0 Å². The lowest BCUT2D eigenvalue weighted by Crippen LogP contribution is -2.32.